The fraction of sp³-hybridized carbons (Fsp3) is 0.208. The van der Waals surface area contributed by atoms with Crippen molar-refractivity contribution in [2.24, 2.45) is 5.92 Å². The molecule has 0 saturated carbocycles. The molecule has 0 atom stereocenters. The van der Waals surface area contributed by atoms with Crippen LogP contribution in [0.2, 0.25) is 0 Å². The zero-order valence-corrected chi connectivity index (χ0v) is 19.2. The van der Waals surface area contributed by atoms with Gasteiger partial charge in [0, 0.05) is 26.7 Å². The van der Waals surface area contributed by atoms with Gasteiger partial charge in [-0.05, 0) is 35.2 Å². The predicted octanol–water partition coefficient (Wildman–Crippen LogP) is 5.44. The van der Waals surface area contributed by atoms with Gasteiger partial charge in [0.2, 0.25) is 0 Å². The minimum Gasteiger partial charge on any atom is -0.352 e. The second kappa shape index (κ2) is 9.25. The van der Waals surface area contributed by atoms with Crippen molar-refractivity contribution in [2.45, 2.75) is 27.3 Å². The summed E-state index contributed by atoms with van der Waals surface area (Å²) < 4.78 is 2.16. The molecule has 4 rings (SSSR count). The van der Waals surface area contributed by atoms with E-state index in [1.807, 2.05) is 25.1 Å². The molecule has 149 valence electrons. The molecule has 0 fully saturated rings. The van der Waals surface area contributed by atoms with Gasteiger partial charge in [0.15, 0.2) is 0 Å². The maximum atomic E-state index is 4.73. The van der Waals surface area contributed by atoms with Gasteiger partial charge in [-0.15, -0.1) is 17.2 Å². The fourth-order valence-electron chi connectivity index (χ4n) is 3.45. The molecule has 0 bridgehead atoms. The Balaban J connectivity index is 0.00000240. The molecule has 0 unspecified atom stereocenters. The first-order valence-electron chi connectivity index (χ1n) is 9.57. The molecule has 0 spiro atoms. The molecular formula is C24H23IrN4-. The third-order valence-electron chi connectivity index (χ3n) is 4.72. The Hall–Kier alpha value is -2.62. The third-order valence-corrected chi connectivity index (χ3v) is 4.72. The first kappa shape index (κ1) is 21.1. The van der Waals surface area contributed by atoms with Crippen molar-refractivity contribution in [3.05, 3.63) is 78.8 Å². The summed E-state index contributed by atoms with van der Waals surface area (Å²) in [5.74, 6) is 2.21. The number of aromatic nitrogens is 4. The van der Waals surface area contributed by atoms with E-state index >= 15 is 0 Å². The molecule has 0 N–H and O–H groups in total. The van der Waals surface area contributed by atoms with Crippen molar-refractivity contribution in [3.8, 4) is 33.8 Å². The van der Waals surface area contributed by atoms with Crippen LogP contribution in [0.25, 0.3) is 33.8 Å². The first-order valence-corrected chi connectivity index (χ1v) is 9.57. The molecule has 1 radical (unpaired) electrons. The smallest absolute Gasteiger partial charge is 0.120 e. The Kier molecular flexibility index (Phi) is 6.73. The predicted molar refractivity (Wildman–Crippen MR) is 113 cm³/mol. The minimum atomic E-state index is 0. The van der Waals surface area contributed by atoms with Gasteiger partial charge in [-0.3, -0.25) is 0 Å². The van der Waals surface area contributed by atoms with Crippen LogP contribution in [0.1, 0.15) is 19.7 Å². The topological polar surface area (TPSA) is 43.6 Å². The largest absolute Gasteiger partial charge is 0.352 e. The molecule has 0 aliphatic heterocycles. The number of hydrogen-bond acceptors (Lipinski definition) is 3. The van der Waals surface area contributed by atoms with Gasteiger partial charge in [-0.2, -0.15) is 5.10 Å². The van der Waals surface area contributed by atoms with Crippen molar-refractivity contribution in [1.82, 2.24) is 19.7 Å². The van der Waals surface area contributed by atoms with E-state index in [1.54, 1.807) is 6.20 Å². The number of nitrogens with zero attached hydrogens (tertiary/aromatic N) is 4. The number of aryl methyl sites for hydroxylation is 1. The van der Waals surface area contributed by atoms with E-state index < -0.39 is 0 Å². The number of rotatable bonds is 5. The van der Waals surface area contributed by atoms with E-state index in [1.165, 1.54) is 0 Å². The summed E-state index contributed by atoms with van der Waals surface area (Å²) in [4.78, 5) is 4.73. The molecule has 29 heavy (non-hydrogen) atoms. The van der Waals surface area contributed by atoms with Crippen LogP contribution < -0.4 is 0 Å². The molecule has 4 aromatic rings. The molecule has 0 saturated heterocycles. The average molecular weight is 560 g/mol. The van der Waals surface area contributed by atoms with Gasteiger partial charge < -0.3 is 9.55 Å². The molecule has 2 aromatic heterocycles. The normalized spacial score (nSPS) is 10.8. The molecule has 4 nitrogen and oxygen atoms in total. The number of pyridine rings is 1. The van der Waals surface area contributed by atoms with Gasteiger partial charge in [0.25, 0.3) is 0 Å². The Labute approximate surface area is 185 Å². The quantitative estimate of drug-likeness (QED) is 0.306. The van der Waals surface area contributed by atoms with Gasteiger partial charge in [-0.25, -0.2) is 0 Å². The maximum Gasteiger partial charge on any atom is 0.120 e. The number of benzene rings is 2. The van der Waals surface area contributed by atoms with Crippen molar-refractivity contribution in [3.63, 3.8) is 0 Å². The summed E-state index contributed by atoms with van der Waals surface area (Å²) in [6, 6.07) is 23.9. The zero-order valence-electron chi connectivity index (χ0n) is 16.8. The molecule has 0 aliphatic rings. The standard InChI is InChI=1S/C24H23N4.Ir/c1-17(2)16-28-18(3)26-27-24(28)22-14-9-15-25-23(22)21-13-8-7-12-20(21)19-10-5-4-6-11-19;/h4-13,15,17H,16H2,1-3H3;/q-1;. The van der Waals surface area contributed by atoms with Crippen LogP contribution in [0.4, 0.5) is 0 Å². The second-order valence-electron chi connectivity index (χ2n) is 7.30. The summed E-state index contributed by atoms with van der Waals surface area (Å²) in [5.41, 5.74) is 5.13. The molecule has 2 heterocycles. The van der Waals surface area contributed by atoms with Crippen molar-refractivity contribution in [2.75, 3.05) is 0 Å². The molecule has 0 aliphatic carbocycles. The van der Waals surface area contributed by atoms with Gasteiger partial charge in [0.1, 0.15) is 5.82 Å². The second-order valence-corrected chi connectivity index (χ2v) is 7.30. The van der Waals surface area contributed by atoms with E-state index in [-0.39, 0.29) is 20.1 Å². The van der Waals surface area contributed by atoms with E-state index in [9.17, 15) is 0 Å². The summed E-state index contributed by atoms with van der Waals surface area (Å²) in [6.07, 6.45) is 1.79. The van der Waals surface area contributed by atoms with E-state index in [4.69, 9.17) is 4.98 Å². The van der Waals surface area contributed by atoms with Crippen LogP contribution in [-0.2, 0) is 26.7 Å². The fourth-order valence-corrected chi connectivity index (χ4v) is 3.45. The van der Waals surface area contributed by atoms with Gasteiger partial charge in [-0.1, -0.05) is 80.2 Å². The van der Waals surface area contributed by atoms with Crippen LogP contribution in [0.5, 0.6) is 0 Å². The van der Waals surface area contributed by atoms with Crippen LogP contribution >= 0.6 is 0 Å². The monoisotopic (exact) mass is 560 g/mol. The molecule has 0 amide bonds. The van der Waals surface area contributed by atoms with E-state index in [2.05, 4.69) is 77.1 Å². The summed E-state index contributed by atoms with van der Waals surface area (Å²) >= 11 is 0. The van der Waals surface area contributed by atoms with E-state index in [0.29, 0.717) is 5.92 Å². The van der Waals surface area contributed by atoms with Crippen LogP contribution in [-0.4, -0.2) is 19.7 Å². The Morgan fingerprint density at radius 1 is 0.931 bits per heavy atom. The summed E-state index contributed by atoms with van der Waals surface area (Å²) in [5, 5.41) is 8.80. The SMILES string of the molecule is Cc1nnc(-c2[c-]ccnc2-c2ccccc2-c2ccccc2)n1CC(C)C.[Ir]. The Morgan fingerprint density at radius 3 is 2.34 bits per heavy atom. The summed E-state index contributed by atoms with van der Waals surface area (Å²) in [6.45, 7) is 7.24. The van der Waals surface area contributed by atoms with Crippen molar-refractivity contribution in [1.29, 1.82) is 0 Å². The maximum absolute atomic E-state index is 4.73. The van der Waals surface area contributed by atoms with Crippen molar-refractivity contribution < 1.29 is 20.1 Å². The van der Waals surface area contributed by atoms with Crippen LogP contribution in [0.3, 0.4) is 0 Å². The first-order chi connectivity index (χ1) is 13.6. The summed E-state index contributed by atoms with van der Waals surface area (Å²) in [7, 11) is 0. The van der Waals surface area contributed by atoms with Crippen LogP contribution in [0.15, 0.2) is 66.9 Å². The van der Waals surface area contributed by atoms with Crippen molar-refractivity contribution >= 4 is 0 Å². The molecular weight excluding hydrogens is 537 g/mol. The zero-order chi connectivity index (χ0) is 19.5. The van der Waals surface area contributed by atoms with Crippen LogP contribution in [0, 0.1) is 18.9 Å². The average Bonchev–Trinajstić information content (AvgIpc) is 3.08. The molecule has 5 heteroatoms. The molecule has 2 aromatic carbocycles. The minimum absolute atomic E-state index is 0. The Bertz CT molecular complexity index is 1090. The number of hydrogen-bond donors (Lipinski definition) is 0. The Morgan fingerprint density at radius 2 is 1.62 bits per heavy atom. The van der Waals surface area contributed by atoms with E-state index in [0.717, 1.165) is 46.1 Å². The van der Waals surface area contributed by atoms with Gasteiger partial charge in [0.05, 0.1) is 5.82 Å². The van der Waals surface area contributed by atoms with Gasteiger partial charge >= 0.3 is 0 Å². The third kappa shape index (κ3) is 4.36.